The molecule has 0 fully saturated rings. The van der Waals surface area contributed by atoms with E-state index in [9.17, 15) is 9.90 Å². The summed E-state index contributed by atoms with van der Waals surface area (Å²) in [6.45, 7) is 3.23. The Morgan fingerprint density at radius 3 is 2.39 bits per heavy atom. The van der Waals surface area contributed by atoms with Crippen molar-refractivity contribution in [3.05, 3.63) is 52.5 Å². The number of phenols is 1. The van der Waals surface area contributed by atoms with Crippen molar-refractivity contribution in [2.45, 2.75) is 13.8 Å². The van der Waals surface area contributed by atoms with E-state index in [1.807, 2.05) is 30.3 Å². The van der Waals surface area contributed by atoms with Crippen LogP contribution in [0.4, 0.5) is 0 Å². The molecule has 0 heterocycles. The van der Waals surface area contributed by atoms with Crippen LogP contribution in [0.2, 0.25) is 5.02 Å². The molecule has 0 unspecified atom stereocenters. The molecule has 0 atom stereocenters. The van der Waals surface area contributed by atoms with Crippen molar-refractivity contribution in [3.8, 4) is 16.9 Å². The van der Waals surface area contributed by atoms with Crippen LogP contribution >= 0.6 is 11.6 Å². The number of aromatic hydroxyl groups is 1. The lowest BCUT2D eigenvalue weighted by atomic mass is 9.94. The molecule has 2 aromatic rings. The van der Waals surface area contributed by atoms with Gasteiger partial charge in [-0.15, -0.1) is 0 Å². The van der Waals surface area contributed by atoms with Crippen molar-refractivity contribution in [2.24, 2.45) is 0 Å². The predicted octanol–water partition coefficient (Wildman–Crippen LogP) is 4.22. The van der Waals surface area contributed by atoms with E-state index < -0.39 is 0 Å². The molecule has 2 nitrogen and oxygen atoms in total. The summed E-state index contributed by atoms with van der Waals surface area (Å²) >= 11 is 6.29. The van der Waals surface area contributed by atoms with Crippen LogP contribution in [-0.4, -0.2) is 10.9 Å². The van der Waals surface area contributed by atoms with E-state index in [0.717, 1.165) is 11.1 Å². The van der Waals surface area contributed by atoms with Crippen molar-refractivity contribution in [2.75, 3.05) is 0 Å². The molecular formula is C15H13ClO2. The number of carbonyl (C=O) groups excluding carboxylic acids is 1. The van der Waals surface area contributed by atoms with Gasteiger partial charge in [-0.3, -0.25) is 4.79 Å². The zero-order valence-electron chi connectivity index (χ0n) is 10.2. The van der Waals surface area contributed by atoms with E-state index in [0.29, 0.717) is 10.6 Å². The molecule has 0 saturated heterocycles. The third kappa shape index (κ3) is 2.12. The Kier molecular flexibility index (Phi) is 3.39. The van der Waals surface area contributed by atoms with Crippen LogP contribution in [0, 0.1) is 6.92 Å². The number of benzene rings is 2. The molecule has 0 amide bonds. The lowest BCUT2D eigenvalue weighted by Gasteiger charge is -2.13. The Morgan fingerprint density at radius 1 is 1.22 bits per heavy atom. The van der Waals surface area contributed by atoms with E-state index in [4.69, 9.17) is 11.6 Å². The molecule has 1 N–H and O–H groups in total. The Morgan fingerprint density at radius 2 is 1.83 bits per heavy atom. The summed E-state index contributed by atoms with van der Waals surface area (Å²) in [5.74, 6) is -0.225. The first-order chi connectivity index (χ1) is 8.52. The second-order valence-corrected chi connectivity index (χ2v) is 4.58. The first-order valence-corrected chi connectivity index (χ1v) is 5.98. The number of phenolic OH excluding ortho intramolecular Hbond substituents is 1. The smallest absolute Gasteiger partial charge is 0.164 e. The maximum Gasteiger partial charge on any atom is 0.164 e. The minimum absolute atomic E-state index is 0.0248. The lowest BCUT2D eigenvalue weighted by molar-refractivity contribution is 0.101. The van der Waals surface area contributed by atoms with Gasteiger partial charge in [0.15, 0.2) is 5.78 Å². The average Bonchev–Trinajstić information content (AvgIpc) is 2.34. The molecule has 0 aromatic heterocycles. The highest BCUT2D eigenvalue weighted by Crippen LogP contribution is 2.38. The van der Waals surface area contributed by atoms with Crippen LogP contribution in [0.1, 0.15) is 22.8 Å². The van der Waals surface area contributed by atoms with Gasteiger partial charge >= 0.3 is 0 Å². The van der Waals surface area contributed by atoms with Gasteiger partial charge in [-0.05, 0) is 31.0 Å². The summed E-state index contributed by atoms with van der Waals surface area (Å²) in [6.07, 6.45) is 0. The van der Waals surface area contributed by atoms with E-state index in [1.165, 1.54) is 13.0 Å². The maximum absolute atomic E-state index is 11.7. The number of carbonyl (C=O) groups is 1. The van der Waals surface area contributed by atoms with Crippen molar-refractivity contribution >= 4 is 17.4 Å². The summed E-state index contributed by atoms with van der Waals surface area (Å²) < 4.78 is 0. The molecular weight excluding hydrogens is 248 g/mol. The topological polar surface area (TPSA) is 37.3 Å². The van der Waals surface area contributed by atoms with Gasteiger partial charge in [0, 0.05) is 5.56 Å². The minimum Gasteiger partial charge on any atom is -0.507 e. The highest BCUT2D eigenvalue weighted by Gasteiger charge is 2.19. The lowest BCUT2D eigenvalue weighted by Crippen LogP contribution is -1.99. The molecule has 2 rings (SSSR count). The van der Waals surface area contributed by atoms with Crippen LogP contribution in [0.15, 0.2) is 36.4 Å². The molecule has 0 saturated carbocycles. The summed E-state index contributed by atoms with van der Waals surface area (Å²) in [6, 6.07) is 10.9. The van der Waals surface area contributed by atoms with Gasteiger partial charge in [0.25, 0.3) is 0 Å². The van der Waals surface area contributed by atoms with Gasteiger partial charge in [-0.25, -0.2) is 0 Å². The third-order valence-corrected chi connectivity index (χ3v) is 3.33. The van der Waals surface area contributed by atoms with E-state index in [1.54, 1.807) is 6.92 Å². The number of ketones is 1. The van der Waals surface area contributed by atoms with Crippen LogP contribution in [0.5, 0.6) is 5.75 Å². The summed E-state index contributed by atoms with van der Waals surface area (Å²) in [5.41, 5.74) is 2.45. The second kappa shape index (κ2) is 4.83. The monoisotopic (exact) mass is 260 g/mol. The molecule has 0 spiro atoms. The van der Waals surface area contributed by atoms with Crippen molar-refractivity contribution in [1.29, 1.82) is 0 Å². The third-order valence-electron chi connectivity index (χ3n) is 2.84. The number of hydrogen-bond acceptors (Lipinski definition) is 2. The number of hydrogen-bond donors (Lipinski definition) is 1. The quantitative estimate of drug-likeness (QED) is 0.821. The fourth-order valence-corrected chi connectivity index (χ4v) is 2.27. The molecule has 3 heteroatoms. The van der Waals surface area contributed by atoms with Crippen LogP contribution in [0.25, 0.3) is 11.1 Å². The number of halogens is 1. The first-order valence-electron chi connectivity index (χ1n) is 5.60. The number of Topliss-reactive ketones (excluding diaryl/α,β-unsaturated/α-hetero) is 1. The van der Waals surface area contributed by atoms with Crippen LogP contribution in [-0.2, 0) is 0 Å². The predicted molar refractivity (Wildman–Crippen MR) is 73.3 cm³/mol. The summed E-state index contributed by atoms with van der Waals surface area (Å²) in [5, 5.41) is 10.5. The molecule has 92 valence electrons. The minimum atomic E-state index is -0.201. The molecule has 2 aromatic carbocycles. The molecule has 0 bridgehead atoms. The summed E-state index contributed by atoms with van der Waals surface area (Å²) in [7, 11) is 0. The Labute approximate surface area is 111 Å². The van der Waals surface area contributed by atoms with Crippen molar-refractivity contribution < 1.29 is 9.90 Å². The molecule has 0 aliphatic heterocycles. The van der Waals surface area contributed by atoms with Gasteiger partial charge in [-0.1, -0.05) is 41.9 Å². The zero-order chi connectivity index (χ0) is 13.3. The fourth-order valence-electron chi connectivity index (χ4n) is 2.01. The molecule has 0 radical (unpaired) electrons. The largest absolute Gasteiger partial charge is 0.507 e. The van der Waals surface area contributed by atoms with E-state index in [-0.39, 0.29) is 17.1 Å². The van der Waals surface area contributed by atoms with Crippen LogP contribution in [0.3, 0.4) is 0 Å². The van der Waals surface area contributed by atoms with Crippen molar-refractivity contribution in [1.82, 2.24) is 0 Å². The summed E-state index contributed by atoms with van der Waals surface area (Å²) in [4.78, 5) is 11.7. The van der Waals surface area contributed by atoms with Gasteiger partial charge in [-0.2, -0.15) is 0 Å². The second-order valence-electron chi connectivity index (χ2n) is 4.20. The first kappa shape index (κ1) is 12.7. The van der Waals surface area contributed by atoms with Crippen LogP contribution < -0.4 is 0 Å². The Balaban J connectivity index is 2.83. The molecule has 0 aliphatic carbocycles. The molecule has 18 heavy (non-hydrogen) atoms. The zero-order valence-corrected chi connectivity index (χ0v) is 11.0. The highest BCUT2D eigenvalue weighted by molar-refractivity contribution is 6.35. The van der Waals surface area contributed by atoms with Gasteiger partial charge in [0.05, 0.1) is 10.6 Å². The standard InChI is InChI=1S/C15H13ClO2/c1-9-8-12(18)13(10(2)17)14(15(9)16)11-6-4-3-5-7-11/h3-8,18H,1-2H3. The molecule has 0 aliphatic rings. The number of aryl methyl sites for hydroxylation is 1. The normalized spacial score (nSPS) is 10.4. The van der Waals surface area contributed by atoms with Crippen molar-refractivity contribution in [3.63, 3.8) is 0 Å². The number of rotatable bonds is 2. The van der Waals surface area contributed by atoms with Gasteiger partial charge in [0.1, 0.15) is 5.75 Å². The Hall–Kier alpha value is -1.80. The fraction of sp³-hybridized carbons (Fsp3) is 0.133. The average molecular weight is 261 g/mol. The maximum atomic E-state index is 11.7. The van der Waals surface area contributed by atoms with Gasteiger partial charge in [0.2, 0.25) is 0 Å². The highest BCUT2D eigenvalue weighted by atomic mass is 35.5. The SMILES string of the molecule is CC(=O)c1c(O)cc(C)c(Cl)c1-c1ccccc1. The Bertz CT molecular complexity index is 604. The van der Waals surface area contributed by atoms with E-state index >= 15 is 0 Å². The van der Waals surface area contributed by atoms with Gasteiger partial charge < -0.3 is 5.11 Å². The van der Waals surface area contributed by atoms with E-state index in [2.05, 4.69) is 0 Å².